The molecule has 28 heavy (non-hydrogen) atoms. The quantitative estimate of drug-likeness (QED) is 0.348. The Hall–Kier alpha value is -3.11. The largest absolute Gasteiger partial charge is 0.462 e. The van der Waals surface area contributed by atoms with Gasteiger partial charge in [-0.2, -0.15) is 0 Å². The summed E-state index contributed by atoms with van der Waals surface area (Å²) in [6, 6.07) is 26.7. The monoisotopic (exact) mass is 428 g/mol. The zero-order valence-corrected chi connectivity index (χ0v) is 16.8. The Labute approximate surface area is 172 Å². The number of hydrogen-bond acceptors (Lipinski definition) is 2. The summed E-state index contributed by atoms with van der Waals surface area (Å²) in [5, 5.41) is 0. The van der Waals surface area contributed by atoms with E-state index in [0.29, 0.717) is 0 Å². The van der Waals surface area contributed by atoms with Crippen LogP contribution in [0.5, 0.6) is 5.75 Å². The number of rotatable bonds is 2. The van der Waals surface area contributed by atoms with Crippen molar-refractivity contribution in [2.24, 2.45) is 0 Å². The molecule has 3 nitrogen and oxygen atoms in total. The molecule has 4 aromatic rings. The second-order valence-corrected chi connectivity index (χ2v) is 7.63. The van der Waals surface area contributed by atoms with Crippen LogP contribution >= 0.6 is 15.9 Å². The molecule has 0 bridgehead atoms. The topological polar surface area (TPSA) is 27.1 Å². The van der Waals surface area contributed by atoms with Gasteiger partial charge < -0.3 is 4.74 Å². The molecular formula is C24H17BrN2O. The maximum absolute atomic E-state index is 5.95. The standard InChI is InChI=1S/C24H17BrN2O/c1-16-15-28-21-13-12-19(25)14-20(21)24-26-22(17-8-4-2-5-9-17)23(27(16)24)18-10-6-3-7-11-18/h2-15H,1H3. The highest BCUT2D eigenvalue weighted by atomic mass is 79.9. The zero-order chi connectivity index (χ0) is 19.1. The molecule has 0 spiro atoms. The van der Waals surface area contributed by atoms with Crippen molar-refractivity contribution < 1.29 is 4.74 Å². The molecule has 0 saturated carbocycles. The van der Waals surface area contributed by atoms with E-state index < -0.39 is 0 Å². The van der Waals surface area contributed by atoms with E-state index in [2.05, 4.69) is 63.0 Å². The number of hydrogen-bond donors (Lipinski definition) is 0. The van der Waals surface area contributed by atoms with Crippen LogP contribution in [0.3, 0.4) is 0 Å². The van der Waals surface area contributed by atoms with Crippen molar-refractivity contribution >= 4 is 21.6 Å². The van der Waals surface area contributed by atoms with Gasteiger partial charge >= 0.3 is 0 Å². The Morgan fingerprint density at radius 1 is 0.857 bits per heavy atom. The maximum atomic E-state index is 5.95. The fourth-order valence-electron chi connectivity index (χ4n) is 3.59. The van der Waals surface area contributed by atoms with Crippen molar-refractivity contribution in [3.63, 3.8) is 0 Å². The smallest absolute Gasteiger partial charge is 0.149 e. The lowest BCUT2D eigenvalue weighted by Crippen LogP contribution is -1.99. The van der Waals surface area contributed by atoms with Gasteiger partial charge in [0, 0.05) is 15.6 Å². The molecule has 0 radical (unpaired) electrons. The lowest BCUT2D eigenvalue weighted by Gasteiger charge is -2.11. The minimum absolute atomic E-state index is 0.797. The lowest BCUT2D eigenvalue weighted by molar-refractivity contribution is 0.485. The van der Waals surface area contributed by atoms with E-state index >= 15 is 0 Å². The highest BCUT2D eigenvalue weighted by Crippen LogP contribution is 2.42. The normalized spacial score (nSPS) is 12.4. The van der Waals surface area contributed by atoms with E-state index in [1.807, 2.05) is 43.3 Å². The Morgan fingerprint density at radius 2 is 1.54 bits per heavy atom. The third-order valence-electron chi connectivity index (χ3n) is 4.86. The summed E-state index contributed by atoms with van der Waals surface area (Å²) >= 11 is 3.59. The van der Waals surface area contributed by atoms with Gasteiger partial charge in [0.2, 0.25) is 0 Å². The minimum atomic E-state index is 0.797. The predicted octanol–water partition coefficient (Wildman–Crippen LogP) is 6.86. The first-order chi connectivity index (χ1) is 13.7. The van der Waals surface area contributed by atoms with Crippen LogP contribution in [0.2, 0.25) is 0 Å². The van der Waals surface area contributed by atoms with Gasteiger partial charge in [-0.1, -0.05) is 76.6 Å². The Kier molecular flexibility index (Phi) is 4.14. The third kappa shape index (κ3) is 2.77. The molecule has 1 aliphatic rings. The average Bonchev–Trinajstić information content (AvgIpc) is 3.09. The van der Waals surface area contributed by atoms with Crippen LogP contribution in [-0.4, -0.2) is 9.55 Å². The predicted molar refractivity (Wildman–Crippen MR) is 117 cm³/mol. The molecular weight excluding hydrogens is 412 g/mol. The Balaban J connectivity index is 1.89. The van der Waals surface area contributed by atoms with E-state index in [4.69, 9.17) is 9.72 Å². The summed E-state index contributed by atoms with van der Waals surface area (Å²) in [5.74, 6) is 1.67. The van der Waals surface area contributed by atoms with Gasteiger partial charge in [0.05, 0.1) is 22.6 Å². The number of ether oxygens (including phenoxy) is 1. The SMILES string of the molecule is CC1=COc2ccc(Br)cc2-c2nc(-c3ccccc3)c(-c3ccccc3)n21. The van der Waals surface area contributed by atoms with Crippen molar-refractivity contribution in [3.8, 4) is 39.7 Å². The van der Waals surface area contributed by atoms with Gasteiger partial charge in [0.25, 0.3) is 0 Å². The molecule has 0 saturated heterocycles. The minimum Gasteiger partial charge on any atom is -0.462 e. The number of nitrogens with zero attached hydrogens (tertiary/aromatic N) is 2. The van der Waals surface area contributed by atoms with E-state index in [-0.39, 0.29) is 0 Å². The number of aromatic nitrogens is 2. The lowest BCUT2D eigenvalue weighted by atomic mass is 10.0. The van der Waals surface area contributed by atoms with Crippen molar-refractivity contribution in [2.45, 2.75) is 6.92 Å². The highest BCUT2D eigenvalue weighted by molar-refractivity contribution is 9.10. The van der Waals surface area contributed by atoms with Crippen LogP contribution in [-0.2, 0) is 0 Å². The summed E-state index contributed by atoms with van der Waals surface area (Å²) in [5.41, 5.74) is 6.17. The fraction of sp³-hybridized carbons (Fsp3) is 0.0417. The summed E-state index contributed by atoms with van der Waals surface area (Å²) in [6.07, 6.45) is 1.80. The summed E-state index contributed by atoms with van der Waals surface area (Å²) in [7, 11) is 0. The van der Waals surface area contributed by atoms with Gasteiger partial charge in [-0.15, -0.1) is 0 Å². The molecule has 136 valence electrons. The number of allylic oxidation sites excluding steroid dienone is 1. The van der Waals surface area contributed by atoms with Crippen LogP contribution in [0.4, 0.5) is 0 Å². The molecule has 2 heterocycles. The molecule has 0 atom stereocenters. The molecule has 1 aromatic heterocycles. The van der Waals surface area contributed by atoms with Gasteiger partial charge in [-0.3, -0.25) is 4.57 Å². The van der Waals surface area contributed by atoms with Crippen LogP contribution < -0.4 is 4.74 Å². The molecule has 0 unspecified atom stereocenters. The van der Waals surface area contributed by atoms with Crippen molar-refractivity contribution in [1.29, 1.82) is 0 Å². The summed E-state index contributed by atoms with van der Waals surface area (Å²) < 4.78 is 9.13. The van der Waals surface area contributed by atoms with Crippen LogP contribution in [0.15, 0.2) is 89.6 Å². The molecule has 0 aliphatic carbocycles. The number of halogens is 1. The highest BCUT2D eigenvalue weighted by Gasteiger charge is 2.25. The summed E-state index contributed by atoms with van der Waals surface area (Å²) in [6.45, 7) is 2.05. The van der Waals surface area contributed by atoms with Gasteiger partial charge in [-0.05, 0) is 25.1 Å². The number of imidazole rings is 1. The van der Waals surface area contributed by atoms with Crippen molar-refractivity contribution in [1.82, 2.24) is 9.55 Å². The summed E-state index contributed by atoms with van der Waals surface area (Å²) in [4.78, 5) is 5.11. The third-order valence-corrected chi connectivity index (χ3v) is 5.36. The molecule has 1 aliphatic heterocycles. The molecule has 0 N–H and O–H groups in total. The van der Waals surface area contributed by atoms with Crippen LogP contribution in [0.1, 0.15) is 6.92 Å². The number of fused-ring (bicyclic) bond motifs is 3. The zero-order valence-electron chi connectivity index (χ0n) is 15.3. The van der Waals surface area contributed by atoms with Crippen LogP contribution in [0, 0.1) is 0 Å². The Morgan fingerprint density at radius 3 is 2.25 bits per heavy atom. The second kappa shape index (κ2) is 6.80. The molecule has 3 aromatic carbocycles. The first-order valence-electron chi connectivity index (χ1n) is 9.09. The van der Waals surface area contributed by atoms with Gasteiger partial charge in [-0.25, -0.2) is 4.98 Å². The van der Waals surface area contributed by atoms with Gasteiger partial charge in [0.1, 0.15) is 17.8 Å². The first kappa shape index (κ1) is 17.0. The van der Waals surface area contributed by atoms with Gasteiger partial charge in [0.15, 0.2) is 0 Å². The molecule has 0 amide bonds. The maximum Gasteiger partial charge on any atom is 0.149 e. The molecule has 0 fully saturated rings. The van der Waals surface area contributed by atoms with Crippen LogP contribution in [0.25, 0.3) is 39.6 Å². The van der Waals surface area contributed by atoms with E-state index in [0.717, 1.165) is 49.8 Å². The molecule has 5 rings (SSSR count). The second-order valence-electron chi connectivity index (χ2n) is 6.72. The Bertz CT molecular complexity index is 1190. The van der Waals surface area contributed by atoms with E-state index in [1.165, 1.54) is 0 Å². The van der Waals surface area contributed by atoms with E-state index in [1.54, 1.807) is 6.26 Å². The average molecular weight is 429 g/mol. The first-order valence-corrected chi connectivity index (χ1v) is 9.89. The molecule has 4 heteroatoms. The van der Waals surface area contributed by atoms with Crippen molar-refractivity contribution in [2.75, 3.05) is 0 Å². The fourth-order valence-corrected chi connectivity index (χ4v) is 3.95. The van der Waals surface area contributed by atoms with E-state index in [9.17, 15) is 0 Å². The van der Waals surface area contributed by atoms with Crippen molar-refractivity contribution in [3.05, 3.63) is 89.6 Å². The number of benzene rings is 3.